The molecule has 7 rings (SSSR count). The van der Waals surface area contributed by atoms with Crippen LogP contribution in [0.5, 0.6) is 0 Å². The fourth-order valence-electron chi connectivity index (χ4n) is 3.77. The SMILES string of the molecule is O.OB(O)c1ccc(Br)cc1.c1ccc2nc3ccccc3nc2c1.c1ccc2nc3ccccc3nc2c1. The first-order valence-electron chi connectivity index (χ1n) is 11.9. The van der Waals surface area contributed by atoms with Crippen LogP contribution >= 0.6 is 15.9 Å². The number of aromatic nitrogens is 4. The average molecular weight is 579 g/mol. The van der Waals surface area contributed by atoms with E-state index in [1.807, 2.05) is 97.1 Å². The van der Waals surface area contributed by atoms with Gasteiger partial charge in [-0.15, -0.1) is 0 Å². The third-order valence-corrected chi connectivity index (χ3v) is 6.19. The van der Waals surface area contributed by atoms with E-state index in [1.54, 1.807) is 24.3 Å². The minimum atomic E-state index is -1.37. The van der Waals surface area contributed by atoms with Crippen molar-refractivity contribution in [2.45, 2.75) is 0 Å². The summed E-state index contributed by atoms with van der Waals surface area (Å²) in [6.45, 7) is 0. The van der Waals surface area contributed by atoms with E-state index in [0.717, 1.165) is 48.6 Å². The molecule has 0 atom stereocenters. The van der Waals surface area contributed by atoms with Crippen LogP contribution in [0.2, 0.25) is 0 Å². The van der Waals surface area contributed by atoms with Gasteiger partial charge in [-0.2, -0.15) is 0 Å². The summed E-state index contributed by atoms with van der Waals surface area (Å²) < 4.78 is 0.928. The number of nitrogens with zero attached hydrogens (tertiary/aromatic N) is 4. The van der Waals surface area contributed by atoms with E-state index in [0.29, 0.717) is 5.46 Å². The molecule has 192 valence electrons. The van der Waals surface area contributed by atoms with E-state index in [2.05, 4.69) is 35.9 Å². The van der Waals surface area contributed by atoms with Crippen molar-refractivity contribution in [2.24, 2.45) is 0 Å². The van der Waals surface area contributed by atoms with Crippen LogP contribution in [0.25, 0.3) is 44.1 Å². The molecular formula is C30H24BBrN4O3. The van der Waals surface area contributed by atoms with Gasteiger partial charge >= 0.3 is 7.12 Å². The Morgan fingerprint density at radius 3 is 0.846 bits per heavy atom. The zero-order valence-electron chi connectivity index (χ0n) is 20.7. The molecule has 0 saturated carbocycles. The fraction of sp³-hybridized carbons (Fsp3) is 0. The van der Waals surface area contributed by atoms with Crippen molar-refractivity contribution in [3.63, 3.8) is 0 Å². The number of rotatable bonds is 1. The summed E-state index contributed by atoms with van der Waals surface area (Å²) in [7, 11) is -1.37. The molecule has 0 aliphatic carbocycles. The minimum Gasteiger partial charge on any atom is -0.423 e. The maximum atomic E-state index is 8.65. The zero-order chi connectivity index (χ0) is 26.3. The lowest BCUT2D eigenvalue weighted by atomic mass is 9.81. The van der Waals surface area contributed by atoms with Gasteiger partial charge in [0, 0.05) is 4.47 Å². The van der Waals surface area contributed by atoms with Crippen molar-refractivity contribution in [1.29, 1.82) is 0 Å². The van der Waals surface area contributed by atoms with Gasteiger partial charge in [-0.3, -0.25) is 0 Å². The summed E-state index contributed by atoms with van der Waals surface area (Å²) >= 11 is 3.23. The van der Waals surface area contributed by atoms with Crippen LogP contribution in [-0.4, -0.2) is 42.6 Å². The molecule has 0 aliphatic heterocycles. The Morgan fingerprint density at radius 2 is 0.641 bits per heavy atom. The number of hydrogen-bond acceptors (Lipinski definition) is 6. The molecule has 0 aliphatic rings. The van der Waals surface area contributed by atoms with Crippen LogP contribution in [0.15, 0.2) is 126 Å². The topological polar surface area (TPSA) is 124 Å². The first kappa shape index (κ1) is 27.8. The van der Waals surface area contributed by atoms with Crippen molar-refractivity contribution in [3.8, 4) is 0 Å². The molecule has 7 aromatic rings. The van der Waals surface area contributed by atoms with Gasteiger partial charge < -0.3 is 15.5 Å². The molecule has 4 N–H and O–H groups in total. The molecule has 7 nitrogen and oxygen atoms in total. The maximum absolute atomic E-state index is 8.65. The maximum Gasteiger partial charge on any atom is 0.488 e. The molecule has 9 heteroatoms. The highest BCUT2D eigenvalue weighted by Gasteiger charge is 2.08. The zero-order valence-corrected chi connectivity index (χ0v) is 22.3. The number of para-hydroxylation sites is 8. The lowest BCUT2D eigenvalue weighted by Gasteiger charge is -1.98. The minimum absolute atomic E-state index is 0. The van der Waals surface area contributed by atoms with Crippen LogP contribution in [0.1, 0.15) is 0 Å². The normalized spacial score (nSPS) is 10.2. The van der Waals surface area contributed by atoms with E-state index in [9.17, 15) is 0 Å². The van der Waals surface area contributed by atoms with Gasteiger partial charge in [0.2, 0.25) is 0 Å². The number of benzene rings is 5. The van der Waals surface area contributed by atoms with E-state index in [-0.39, 0.29) is 5.48 Å². The van der Waals surface area contributed by atoms with Gasteiger partial charge in [-0.25, -0.2) is 19.9 Å². The second-order valence-electron chi connectivity index (χ2n) is 8.33. The molecule has 0 amide bonds. The smallest absolute Gasteiger partial charge is 0.423 e. The Hall–Kier alpha value is -4.28. The van der Waals surface area contributed by atoms with Crippen LogP contribution in [0.4, 0.5) is 0 Å². The molecule has 0 saturated heterocycles. The molecule has 2 aromatic heterocycles. The Kier molecular flexibility index (Phi) is 9.24. The fourth-order valence-corrected chi connectivity index (χ4v) is 4.03. The predicted octanol–water partition coefficient (Wildman–Crippen LogP) is 4.87. The second kappa shape index (κ2) is 13.0. The van der Waals surface area contributed by atoms with Crippen LogP contribution in [0, 0.1) is 0 Å². The number of hydrogen-bond donors (Lipinski definition) is 2. The van der Waals surface area contributed by atoms with Gasteiger partial charge in [0.25, 0.3) is 0 Å². The number of halogens is 1. The lowest BCUT2D eigenvalue weighted by molar-refractivity contribution is 0.426. The molecule has 0 fully saturated rings. The van der Waals surface area contributed by atoms with Gasteiger partial charge in [0.1, 0.15) is 0 Å². The molecule has 0 unspecified atom stereocenters. The molecule has 0 bridgehead atoms. The molecule has 0 radical (unpaired) electrons. The van der Waals surface area contributed by atoms with Crippen molar-refractivity contribution in [2.75, 3.05) is 0 Å². The standard InChI is InChI=1S/2C12H8N2.C6H6BBrO2.H2O/c2*1-2-6-10-9(5-1)13-11-7-3-4-8-12(11)14-10;8-6-3-1-5(2-4-6)7(9)10;/h2*1-8H;1-4,9-10H;1H2. The van der Waals surface area contributed by atoms with Crippen LogP contribution < -0.4 is 5.46 Å². The van der Waals surface area contributed by atoms with Crippen molar-refractivity contribution in [3.05, 3.63) is 126 Å². The molecule has 2 heterocycles. The number of fused-ring (bicyclic) bond motifs is 4. The largest absolute Gasteiger partial charge is 0.488 e. The van der Waals surface area contributed by atoms with Gasteiger partial charge in [0.15, 0.2) is 0 Å². The van der Waals surface area contributed by atoms with E-state index < -0.39 is 7.12 Å². The van der Waals surface area contributed by atoms with Crippen LogP contribution in [0.3, 0.4) is 0 Å². The van der Waals surface area contributed by atoms with Gasteiger partial charge in [-0.1, -0.05) is 76.6 Å². The van der Waals surface area contributed by atoms with E-state index in [4.69, 9.17) is 10.0 Å². The highest BCUT2D eigenvalue weighted by atomic mass is 79.9. The summed E-state index contributed by atoms with van der Waals surface area (Å²) in [5.74, 6) is 0. The molecular weight excluding hydrogens is 555 g/mol. The average Bonchev–Trinajstić information content (AvgIpc) is 2.96. The van der Waals surface area contributed by atoms with E-state index >= 15 is 0 Å². The Labute approximate surface area is 233 Å². The van der Waals surface area contributed by atoms with Crippen molar-refractivity contribution < 1.29 is 15.5 Å². The quantitative estimate of drug-likeness (QED) is 0.211. The highest BCUT2D eigenvalue weighted by molar-refractivity contribution is 9.10. The molecule has 0 spiro atoms. The third-order valence-electron chi connectivity index (χ3n) is 5.66. The van der Waals surface area contributed by atoms with Crippen molar-refractivity contribution in [1.82, 2.24) is 19.9 Å². The summed E-state index contributed by atoms with van der Waals surface area (Å²) in [5.41, 5.74) is 8.10. The first-order chi connectivity index (χ1) is 18.6. The summed E-state index contributed by atoms with van der Waals surface area (Å²) in [6, 6.07) is 38.5. The highest BCUT2D eigenvalue weighted by Crippen LogP contribution is 2.16. The van der Waals surface area contributed by atoms with E-state index in [1.165, 1.54) is 0 Å². The lowest BCUT2D eigenvalue weighted by Crippen LogP contribution is -2.29. The van der Waals surface area contributed by atoms with Crippen molar-refractivity contribution >= 4 is 72.6 Å². The van der Waals surface area contributed by atoms with Gasteiger partial charge in [-0.05, 0) is 66.1 Å². The first-order valence-corrected chi connectivity index (χ1v) is 12.7. The summed E-state index contributed by atoms with van der Waals surface area (Å²) in [6.07, 6.45) is 0. The monoisotopic (exact) mass is 578 g/mol. The van der Waals surface area contributed by atoms with Crippen LogP contribution in [-0.2, 0) is 0 Å². The summed E-state index contributed by atoms with van der Waals surface area (Å²) in [4.78, 5) is 18.1. The Morgan fingerprint density at radius 1 is 0.410 bits per heavy atom. The molecule has 39 heavy (non-hydrogen) atoms. The Balaban J connectivity index is 0.000000136. The second-order valence-corrected chi connectivity index (χ2v) is 9.24. The molecule has 5 aromatic carbocycles. The van der Waals surface area contributed by atoms with Gasteiger partial charge in [0.05, 0.1) is 44.1 Å². The predicted molar refractivity (Wildman–Crippen MR) is 162 cm³/mol. The summed E-state index contributed by atoms with van der Waals surface area (Å²) in [5, 5.41) is 17.3. The Bertz CT molecular complexity index is 1510. The third kappa shape index (κ3) is 6.98.